The lowest BCUT2D eigenvalue weighted by Crippen LogP contribution is -2.15. The number of amides is 1. The Morgan fingerprint density at radius 3 is 2.31 bits per heavy atom. The predicted molar refractivity (Wildman–Crippen MR) is 120 cm³/mol. The van der Waals surface area contributed by atoms with Gasteiger partial charge in [0.05, 0.1) is 10.6 Å². The summed E-state index contributed by atoms with van der Waals surface area (Å²) in [5, 5.41) is 6.91. The van der Waals surface area contributed by atoms with E-state index >= 15 is 0 Å². The molecule has 2 N–H and O–H groups in total. The Balaban J connectivity index is 1.44. The molecule has 2 aromatic carbocycles. The molecule has 0 aliphatic heterocycles. The highest BCUT2D eigenvalue weighted by molar-refractivity contribution is 7.92. The minimum absolute atomic E-state index is 0.0491. The van der Waals surface area contributed by atoms with E-state index in [1.165, 1.54) is 24.3 Å². The molecule has 2 heterocycles. The van der Waals surface area contributed by atoms with Crippen LogP contribution in [-0.2, 0) is 10.0 Å². The summed E-state index contributed by atoms with van der Waals surface area (Å²) in [6.07, 6.45) is 3.49. The average molecular weight is 449 g/mol. The highest BCUT2D eigenvalue weighted by Gasteiger charge is 2.16. The molecule has 4 rings (SSSR count). The van der Waals surface area contributed by atoms with E-state index in [2.05, 4.69) is 25.1 Å². The Bertz CT molecular complexity index is 1330. The molecule has 2 aromatic heterocycles. The van der Waals surface area contributed by atoms with Crippen LogP contribution in [0.15, 0.2) is 78.0 Å². The average Bonchev–Trinajstić information content (AvgIpc) is 3.28. The van der Waals surface area contributed by atoms with Crippen molar-refractivity contribution in [3.8, 4) is 5.69 Å². The number of hydrogen-bond donors (Lipinski definition) is 2. The smallest absolute Gasteiger partial charge is 0.263 e. The first-order valence-electron chi connectivity index (χ1n) is 9.67. The van der Waals surface area contributed by atoms with Crippen molar-refractivity contribution in [2.24, 2.45) is 0 Å². The molecule has 4 aromatic rings. The minimum Gasteiger partial charge on any atom is -0.322 e. The van der Waals surface area contributed by atoms with Crippen molar-refractivity contribution in [2.45, 2.75) is 18.7 Å². The molecule has 0 aliphatic carbocycles. The van der Waals surface area contributed by atoms with Crippen molar-refractivity contribution in [3.05, 3.63) is 90.1 Å². The zero-order valence-electron chi connectivity index (χ0n) is 17.4. The summed E-state index contributed by atoms with van der Waals surface area (Å²) in [5.74, 6) is 0.363. The third-order valence-electron chi connectivity index (χ3n) is 4.53. The van der Waals surface area contributed by atoms with Crippen LogP contribution in [0.4, 0.5) is 11.5 Å². The van der Waals surface area contributed by atoms with Crippen molar-refractivity contribution in [2.75, 3.05) is 10.0 Å². The minimum atomic E-state index is -3.83. The van der Waals surface area contributed by atoms with Crippen LogP contribution in [0.5, 0.6) is 0 Å². The van der Waals surface area contributed by atoms with Gasteiger partial charge in [0.1, 0.15) is 11.6 Å². The van der Waals surface area contributed by atoms with Gasteiger partial charge in [-0.3, -0.25) is 9.52 Å². The molecular formula is C22H20N6O3S. The maximum Gasteiger partial charge on any atom is 0.263 e. The Hall–Kier alpha value is -4.05. The first-order valence-corrected chi connectivity index (χ1v) is 11.2. The number of nitrogens with zero attached hydrogens (tertiary/aromatic N) is 4. The van der Waals surface area contributed by atoms with Gasteiger partial charge in [-0.25, -0.2) is 23.1 Å². The van der Waals surface area contributed by atoms with E-state index in [0.29, 0.717) is 22.8 Å². The van der Waals surface area contributed by atoms with Crippen LogP contribution in [-0.4, -0.2) is 34.1 Å². The Labute approximate surface area is 185 Å². The highest BCUT2D eigenvalue weighted by atomic mass is 32.2. The first-order chi connectivity index (χ1) is 15.3. The number of benzene rings is 2. The molecule has 0 radical (unpaired) electrons. The molecule has 10 heteroatoms. The fourth-order valence-corrected chi connectivity index (χ4v) is 4.07. The van der Waals surface area contributed by atoms with Crippen LogP contribution >= 0.6 is 0 Å². The molecule has 0 saturated heterocycles. The molecule has 0 saturated carbocycles. The van der Waals surface area contributed by atoms with Gasteiger partial charge in [0.15, 0.2) is 0 Å². The normalized spacial score (nSPS) is 11.2. The maximum absolute atomic E-state index is 12.6. The Kier molecular flexibility index (Phi) is 5.69. The van der Waals surface area contributed by atoms with Gasteiger partial charge in [-0.1, -0.05) is 0 Å². The van der Waals surface area contributed by atoms with Crippen molar-refractivity contribution in [3.63, 3.8) is 0 Å². The van der Waals surface area contributed by atoms with Gasteiger partial charge in [0.2, 0.25) is 0 Å². The fourth-order valence-electron chi connectivity index (χ4n) is 3.07. The number of carbonyl (C=O) groups is 1. The van der Waals surface area contributed by atoms with E-state index in [0.717, 1.165) is 5.69 Å². The topological polar surface area (TPSA) is 119 Å². The molecule has 0 fully saturated rings. The molecule has 0 unspecified atom stereocenters. The lowest BCUT2D eigenvalue weighted by Gasteiger charge is -2.10. The fraction of sp³-hybridized carbons (Fsp3) is 0.0909. The first kappa shape index (κ1) is 21.2. The van der Waals surface area contributed by atoms with Gasteiger partial charge in [0, 0.05) is 35.4 Å². The van der Waals surface area contributed by atoms with E-state index in [-0.39, 0.29) is 16.6 Å². The summed E-state index contributed by atoms with van der Waals surface area (Å²) >= 11 is 0. The van der Waals surface area contributed by atoms with Gasteiger partial charge >= 0.3 is 0 Å². The standard InChI is InChI=1S/C22H20N6O3S/c1-15-14-21(25-16(2)24-15)27-32(30,31)20-10-6-18(7-11-20)26-22(29)17-4-8-19(9-5-17)28-13-3-12-23-28/h3-14H,1-2H3,(H,26,29)(H,24,25,27). The van der Waals surface area contributed by atoms with Crippen molar-refractivity contribution >= 4 is 27.4 Å². The van der Waals surface area contributed by atoms with Crippen LogP contribution in [0.3, 0.4) is 0 Å². The number of sulfonamides is 1. The van der Waals surface area contributed by atoms with Crippen molar-refractivity contribution in [1.29, 1.82) is 0 Å². The second-order valence-corrected chi connectivity index (χ2v) is 8.71. The van der Waals surface area contributed by atoms with E-state index in [1.807, 2.05) is 12.3 Å². The molecule has 0 bridgehead atoms. The zero-order chi connectivity index (χ0) is 22.7. The summed E-state index contributed by atoms with van der Waals surface area (Å²) in [6, 6.07) is 16.2. The second-order valence-electron chi connectivity index (χ2n) is 7.02. The number of nitrogens with one attached hydrogen (secondary N) is 2. The number of anilines is 2. The monoisotopic (exact) mass is 448 g/mol. The second kappa shape index (κ2) is 8.60. The Morgan fingerprint density at radius 2 is 1.69 bits per heavy atom. The Morgan fingerprint density at radius 1 is 0.969 bits per heavy atom. The number of rotatable bonds is 6. The number of hydrogen-bond acceptors (Lipinski definition) is 6. The van der Waals surface area contributed by atoms with Gasteiger partial charge in [-0.15, -0.1) is 0 Å². The van der Waals surface area contributed by atoms with Gasteiger partial charge in [-0.2, -0.15) is 5.10 Å². The van der Waals surface area contributed by atoms with Crippen LogP contribution in [0.2, 0.25) is 0 Å². The molecule has 162 valence electrons. The predicted octanol–water partition coefficient (Wildman–Crippen LogP) is 3.33. The van der Waals surface area contributed by atoms with Gasteiger partial charge < -0.3 is 5.32 Å². The van der Waals surface area contributed by atoms with Crippen LogP contribution in [0.25, 0.3) is 5.69 Å². The van der Waals surface area contributed by atoms with Crippen LogP contribution in [0.1, 0.15) is 21.9 Å². The summed E-state index contributed by atoms with van der Waals surface area (Å²) in [6.45, 7) is 3.45. The molecule has 0 spiro atoms. The third kappa shape index (κ3) is 4.81. The quantitative estimate of drug-likeness (QED) is 0.467. The molecular weight excluding hydrogens is 428 g/mol. The molecule has 0 atom stereocenters. The van der Waals surface area contributed by atoms with E-state index in [9.17, 15) is 13.2 Å². The highest BCUT2D eigenvalue weighted by Crippen LogP contribution is 2.19. The SMILES string of the molecule is Cc1cc(NS(=O)(=O)c2ccc(NC(=O)c3ccc(-n4cccn4)cc3)cc2)nc(C)n1. The zero-order valence-corrected chi connectivity index (χ0v) is 18.2. The van der Waals surface area contributed by atoms with Crippen molar-refractivity contribution < 1.29 is 13.2 Å². The maximum atomic E-state index is 12.6. The summed E-state index contributed by atoms with van der Waals surface area (Å²) in [7, 11) is -3.83. The number of aryl methyl sites for hydroxylation is 2. The van der Waals surface area contributed by atoms with Crippen LogP contribution < -0.4 is 10.0 Å². The molecule has 32 heavy (non-hydrogen) atoms. The molecule has 9 nitrogen and oxygen atoms in total. The third-order valence-corrected chi connectivity index (χ3v) is 5.90. The van der Waals surface area contributed by atoms with E-state index in [1.54, 1.807) is 55.1 Å². The van der Waals surface area contributed by atoms with Gasteiger partial charge in [0.25, 0.3) is 15.9 Å². The molecule has 1 amide bonds. The number of aromatic nitrogens is 4. The van der Waals surface area contributed by atoms with E-state index in [4.69, 9.17) is 0 Å². The number of carbonyl (C=O) groups excluding carboxylic acids is 1. The summed E-state index contributed by atoms with van der Waals surface area (Å²) in [4.78, 5) is 20.8. The van der Waals surface area contributed by atoms with Crippen LogP contribution in [0, 0.1) is 13.8 Å². The largest absolute Gasteiger partial charge is 0.322 e. The van der Waals surface area contributed by atoms with Gasteiger partial charge in [-0.05, 0) is 68.4 Å². The molecule has 0 aliphatic rings. The summed E-state index contributed by atoms with van der Waals surface area (Å²) in [5.41, 5.74) is 2.43. The lowest BCUT2D eigenvalue weighted by molar-refractivity contribution is 0.102. The summed E-state index contributed by atoms with van der Waals surface area (Å²) < 4.78 is 29.4. The lowest BCUT2D eigenvalue weighted by atomic mass is 10.2. The van der Waals surface area contributed by atoms with Crippen molar-refractivity contribution in [1.82, 2.24) is 19.7 Å². The van der Waals surface area contributed by atoms with E-state index < -0.39 is 10.0 Å².